The fourth-order valence-electron chi connectivity index (χ4n) is 1.04. The molecule has 0 aliphatic rings. The molecule has 1 aromatic rings. The van der Waals surface area contributed by atoms with Gasteiger partial charge in [0.2, 0.25) is 0 Å². The Morgan fingerprint density at radius 3 is 1.77 bits per heavy atom. The van der Waals surface area contributed by atoms with Crippen molar-refractivity contribution in [1.82, 2.24) is 9.97 Å². The van der Waals surface area contributed by atoms with Gasteiger partial charge >= 0.3 is 0 Å². The van der Waals surface area contributed by atoms with Crippen LogP contribution in [0.25, 0.3) is 0 Å². The van der Waals surface area contributed by atoms with Gasteiger partial charge in [-0.15, -0.1) is 0 Å². The fourth-order valence-corrected chi connectivity index (χ4v) is 1.04. The van der Waals surface area contributed by atoms with Gasteiger partial charge in [-0.2, -0.15) is 0 Å². The number of hydrogen-bond donors (Lipinski definition) is 3. The van der Waals surface area contributed by atoms with E-state index >= 15 is 0 Å². The molecular weight excluding hydrogens is 172 g/mol. The van der Waals surface area contributed by atoms with Crippen LogP contribution in [0.4, 0.5) is 0 Å². The number of aryl methyl sites for hydroxylation is 1. The Labute approximate surface area is 75.7 Å². The summed E-state index contributed by atoms with van der Waals surface area (Å²) in [7, 11) is 0. The standard InChI is InChI=1S/C8H12N2O3/c1-5-6(2-11)10-8(4-13)7(3-12)9-5/h11-13H,2-4H2,1H3. The van der Waals surface area contributed by atoms with Crippen LogP contribution in [0.1, 0.15) is 22.8 Å². The quantitative estimate of drug-likeness (QED) is 0.576. The van der Waals surface area contributed by atoms with Gasteiger partial charge in [-0.25, -0.2) is 4.98 Å². The van der Waals surface area contributed by atoms with Gasteiger partial charge in [0.25, 0.3) is 0 Å². The van der Waals surface area contributed by atoms with E-state index < -0.39 is 0 Å². The maximum Gasteiger partial charge on any atom is 0.0901 e. The largest absolute Gasteiger partial charge is 0.390 e. The molecule has 0 saturated carbocycles. The van der Waals surface area contributed by atoms with Crippen molar-refractivity contribution < 1.29 is 15.3 Å². The smallest absolute Gasteiger partial charge is 0.0901 e. The topological polar surface area (TPSA) is 86.5 Å². The molecule has 0 atom stereocenters. The van der Waals surface area contributed by atoms with Crippen LogP contribution >= 0.6 is 0 Å². The summed E-state index contributed by atoms with van der Waals surface area (Å²) in [5.41, 5.74) is 1.68. The van der Waals surface area contributed by atoms with Gasteiger partial charge in [0.1, 0.15) is 0 Å². The first kappa shape index (κ1) is 10.0. The van der Waals surface area contributed by atoms with E-state index in [1.54, 1.807) is 6.92 Å². The lowest BCUT2D eigenvalue weighted by molar-refractivity contribution is 0.245. The van der Waals surface area contributed by atoms with E-state index in [1.807, 2.05) is 0 Å². The van der Waals surface area contributed by atoms with Gasteiger partial charge in [0, 0.05) is 0 Å². The predicted octanol–water partition coefficient (Wildman–Crippen LogP) is -0.738. The van der Waals surface area contributed by atoms with Crippen molar-refractivity contribution in [3.05, 3.63) is 22.8 Å². The molecule has 13 heavy (non-hydrogen) atoms. The molecule has 0 amide bonds. The molecule has 1 aromatic heterocycles. The molecule has 0 saturated heterocycles. The van der Waals surface area contributed by atoms with Crippen LogP contribution in [0, 0.1) is 6.92 Å². The molecule has 0 fully saturated rings. The van der Waals surface area contributed by atoms with E-state index in [2.05, 4.69) is 9.97 Å². The van der Waals surface area contributed by atoms with Gasteiger partial charge in [-0.1, -0.05) is 0 Å². The molecule has 1 heterocycles. The van der Waals surface area contributed by atoms with Crippen molar-refractivity contribution in [2.75, 3.05) is 0 Å². The highest BCUT2D eigenvalue weighted by atomic mass is 16.3. The molecular formula is C8H12N2O3. The van der Waals surface area contributed by atoms with E-state index in [0.29, 0.717) is 22.8 Å². The van der Waals surface area contributed by atoms with Crippen LogP contribution in [-0.2, 0) is 19.8 Å². The summed E-state index contributed by atoms with van der Waals surface area (Å²) in [6.45, 7) is 0.946. The van der Waals surface area contributed by atoms with Gasteiger partial charge < -0.3 is 15.3 Å². The lowest BCUT2D eigenvalue weighted by atomic mass is 10.2. The summed E-state index contributed by atoms with van der Waals surface area (Å²) in [5.74, 6) is 0. The summed E-state index contributed by atoms with van der Waals surface area (Å²) in [6, 6.07) is 0. The minimum Gasteiger partial charge on any atom is -0.390 e. The van der Waals surface area contributed by atoms with Gasteiger partial charge in [-0.05, 0) is 6.92 Å². The Morgan fingerprint density at radius 1 is 0.846 bits per heavy atom. The molecule has 0 bridgehead atoms. The van der Waals surface area contributed by atoms with Crippen molar-refractivity contribution >= 4 is 0 Å². The molecule has 0 unspecified atom stereocenters. The number of aromatic nitrogens is 2. The Bertz CT molecular complexity index is 302. The summed E-state index contributed by atoms with van der Waals surface area (Å²) >= 11 is 0. The van der Waals surface area contributed by atoms with E-state index in [1.165, 1.54) is 0 Å². The van der Waals surface area contributed by atoms with E-state index in [4.69, 9.17) is 15.3 Å². The first-order valence-corrected chi connectivity index (χ1v) is 3.90. The third-order valence-electron chi connectivity index (χ3n) is 1.77. The summed E-state index contributed by atoms with van der Waals surface area (Å²) in [5, 5.41) is 26.6. The van der Waals surface area contributed by atoms with Crippen LogP contribution in [0.2, 0.25) is 0 Å². The van der Waals surface area contributed by atoms with Crippen LogP contribution < -0.4 is 0 Å². The molecule has 72 valence electrons. The molecule has 5 nitrogen and oxygen atoms in total. The van der Waals surface area contributed by atoms with Gasteiger partial charge in [-0.3, -0.25) is 4.98 Å². The number of rotatable bonds is 3. The van der Waals surface area contributed by atoms with Gasteiger partial charge in [0.05, 0.1) is 42.6 Å². The summed E-state index contributed by atoms with van der Waals surface area (Å²) in [6.07, 6.45) is 0. The third-order valence-corrected chi connectivity index (χ3v) is 1.77. The normalized spacial score (nSPS) is 10.5. The molecule has 0 aromatic carbocycles. The highest BCUT2D eigenvalue weighted by molar-refractivity contribution is 5.18. The van der Waals surface area contributed by atoms with Crippen molar-refractivity contribution in [1.29, 1.82) is 0 Å². The zero-order chi connectivity index (χ0) is 9.84. The van der Waals surface area contributed by atoms with Crippen LogP contribution in [0.3, 0.4) is 0 Å². The minimum atomic E-state index is -0.282. The van der Waals surface area contributed by atoms with E-state index in [0.717, 1.165) is 0 Å². The molecule has 0 aliphatic carbocycles. The predicted molar refractivity (Wildman–Crippen MR) is 44.5 cm³/mol. The second-order valence-corrected chi connectivity index (χ2v) is 2.62. The van der Waals surface area contributed by atoms with Crippen molar-refractivity contribution in [3.8, 4) is 0 Å². The second-order valence-electron chi connectivity index (χ2n) is 2.62. The summed E-state index contributed by atoms with van der Waals surface area (Å²) < 4.78 is 0. The zero-order valence-electron chi connectivity index (χ0n) is 7.36. The van der Waals surface area contributed by atoms with Gasteiger partial charge in [0.15, 0.2) is 0 Å². The van der Waals surface area contributed by atoms with Crippen LogP contribution in [0.5, 0.6) is 0 Å². The average Bonchev–Trinajstić information content (AvgIpc) is 2.17. The van der Waals surface area contributed by atoms with Crippen LogP contribution in [-0.4, -0.2) is 25.3 Å². The number of aliphatic hydroxyl groups excluding tert-OH is 3. The Hall–Kier alpha value is -1.04. The number of nitrogens with zero attached hydrogens (tertiary/aromatic N) is 2. The number of aliphatic hydroxyl groups is 3. The minimum absolute atomic E-state index is 0.211. The van der Waals surface area contributed by atoms with Crippen LogP contribution in [0.15, 0.2) is 0 Å². The lowest BCUT2D eigenvalue weighted by Crippen LogP contribution is -2.07. The molecule has 0 spiro atoms. The summed E-state index contributed by atoms with van der Waals surface area (Å²) in [4.78, 5) is 7.96. The Balaban J connectivity index is 3.18. The first-order chi connectivity index (χ1) is 6.22. The van der Waals surface area contributed by atoms with Crippen molar-refractivity contribution in [3.63, 3.8) is 0 Å². The molecule has 1 rings (SSSR count). The monoisotopic (exact) mass is 184 g/mol. The Kier molecular flexibility index (Phi) is 3.30. The third kappa shape index (κ3) is 2.00. The number of hydrogen-bond acceptors (Lipinski definition) is 5. The highest BCUT2D eigenvalue weighted by Crippen LogP contribution is 2.08. The van der Waals surface area contributed by atoms with E-state index in [9.17, 15) is 0 Å². The SMILES string of the molecule is Cc1nc(CO)c(CO)nc1CO. The van der Waals surface area contributed by atoms with Crippen molar-refractivity contribution in [2.45, 2.75) is 26.7 Å². The highest BCUT2D eigenvalue weighted by Gasteiger charge is 2.08. The molecule has 3 N–H and O–H groups in total. The molecule has 0 aliphatic heterocycles. The fraction of sp³-hybridized carbons (Fsp3) is 0.500. The maximum absolute atomic E-state index is 8.87. The molecule has 5 heteroatoms. The second kappa shape index (κ2) is 4.27. The molecule has 0 radical (unpaired) electrons. The average molecular weight is 184 g/mol. The first-order valence-electron chi connectivity index (χ1n) is 3.90. The van der Waals surface area contributed by atoms with E-state index in [-0.39, 0.29) is 19.8 Å². The lowest BCUT2D eigenvalue weighted by Gasteiger charge is -2.07. The van der Waals surface area contributed by atoms with Crippen molar-refractivity contribution in [2.24, 2.45) is 0 Å². The Morgan fingerprint density at radius 2 is 1.31 bits per heavy atom. The maximum atomic E-state index is 8.87. The zero-order valence-corrected chi connectivity index (χ0v) is 7.36.